The number of guanidine groups is 1. The number of piperazine rings is 1. The molecule has 1 heterocycles. The van der Waals surface area contributed by atoms with Gasteiger partial charge in [0.1, 0.15) is 0 Å². The molecule has 5 nitrogen and oxygen atoms in total. The molecule has 1 aromatic rings. The fourth-order valence-corrected chi connectivity index (χ4v) is 3.60. The molecular formula is C18H30ClN5S. The molecular weight excluding hydrogens is 354 g/mol. The average Bonchev–Trinajstić information content (AvgIpc) is 2.60. The van der Waals surface area contributed by atoms with Crippen molar-refractivity contribution in [3.63, 3.8) is 0 Å². The summed E-state index contributed by atoms with van der Waals surface area (Å²) in [4.78, 5) is 10.8. The molecule has 2 N–H and O–H groups in total. The van der Waals surface area contributed by atoms with Gasteiger partial charge in [-0.3, -0.25) is 9.89 Å². The summed E-state index contributed by atoms with van der Waals surface area (Å²) in [6.07, 6.45) is 0. The second-order valence-electron chi connectivity index (χ2n) is 6.35. The summed E-state index contributed by atoms with van der Waals surface area (Å²) in [5.41, 5.74) is 0. The van der Waals surface area contributed by atoms with Crippen LogP contribution in [-0.4, -0.2) is 80.9 Å². The fraction of sp³-hybridized carbons (Fsp3) is 0.611. The number of thioether (sulfide) groups is 1. The highest BCUT2D eigenvalue weighted by molar-refractivity contribution is 7.99. The minimum absolute atomic E-state index is 0.484. The highest BCUT2D eigenvalue weighted by Gasteiger charge is 2.21. The van der Waals surface area contributed by atoms with Gasteiger partial charge in [0.25, 0.3) is 0 Å². The largest absolute Gasteiger partial charge is 0.357 e. The van der Waals surface area contributed by atoms with Crippen LogP contribution in [0.15, 0.2) is 34.2 Å². The molecule has 1 atom stereocenters. The summed E-state index contributed by atoms with van der Waals surface area (Å²) < 4.78 is 0. The quantitative estimate of drug-likeness (QED) is 0.327. The molecule has 25 heavy (non-hydrogen) atoms. The third-order valence-electron chi connectivity index (χ3n) is 4.26. The number of likely N-dealkylation sites (N-methyl/N-ethyl adjacent to an activating group) is 2. The summed E-state index contributed by atoms with van der Waals surface area (Å²) in [5, 5.41) is 7.54. The number of benzene rings is 1. The Morgan fingerprint density at radius 2 is 2.00 bits per heavy atom. The maximum absolute atomic E-state index is 5.92. The minimum Gasteiger partial charge on any atom is -0.357 e. The van der Waals surface area contributed by atoms with E-state index in [2.05, 4.69) is 53.6 Å². The topological polar surface area (TPSA) is 42.9 Å². The summed E-state index contributed by atoms with van der Waals surface area (Å²) in [6.45, 7) is 7.98. The number of hydrogen-bond donors (Lipinski definition) is 2. The van der Waals surface area contributed by atoms with Gasteiger partial charge in [-0.15, -0.1) is 11.8 Å². The van der Waals surface area contributed by atoms with Crippen LogP contribution in [-0.2, 0) is 0 Å². The van der Waals surface area contributed by atoms with Crippen LogP contribution in [0.25, 0.3) is 0 Å². The van der Waals surface area contributed by atoms with E-state index in [-0.39, 0.29) is 0 Å². The van der Waals surface area contributed by atoms with Gasteiger partial charge in [-0.05, 0) is 45.3 Å². The monoisotopic (exact) mass is 383 g/mol. The molecule has 140 valence electrons. The highest BCUT2D eigenvalue weighted by Crippen LogP contribution is 2.19. The van der Waals surface area contributed by atoms with Crippen molar-refractivity contribution in [1.29, 1.82) is 0 Å². The summed E-state index contributed by atoms with van der Waals surface area (Å²) >= 11 is 7.73. The van der Waals surface area contributed by atoms with Gasteiger partial charge in [-0.25, -0.2) is 0 Å². The lowest BCUT2D eigenvalue weighted by molar-refractivity contribution is 0.119. The Hall–Kier alpha value is -0.950. The lowest BCUT2D eigenvalue weighted by Gasteiger charge is -2.36. The van der Waals surface area contributed by atoms with Crippen molar-refractivity contribution in [3.8, 4) is 0 Å². The van der Waals surface area contributed by atoms with E-state index in [9.17, 15) is 0 Å². The molecule has 7 heteroatoms. The fourth-order valence-electron chi connectivity index (χ4n) is 2.71. The predicted molar refractivity (Wildman–Crippen MR) is 110 cm³/mol. The Bertz CT molecular complexity index is 537. The molecule has 0 spiro atoms. The molecule has 0 bridgehead atoms. The summed E-state index contributed by atoms with van der Waals surface area (Å²) in [6, 6.07) is 8.46. The van der Waals surface area contributed by atoms with Gasteiger partial charge in [0.2, 0.25) is 0 Å². The van der Waals surface area contributed by atoms with Crippen molar-refractivity contribution < 1.29 is 0 Å². The normalized spacial score (nSPS) is 19.8. The van der Waals surface area contributed by atoms with Crippen molar-refractivity contribution in [3.05, 3.63) is 29.3 Å². The third kappa shape index (κ3) is 7.44. The molecule has 1 fully saturated rings. The second kappa shape index (κ2) is 10.9. The first kappa shape index (κ1) is 20.4. The molecule has 1 aromatic carbocycles. The van der Waals surface area contributed by atoms with Gasteiger partial charge in [0.15, 0.2) is 5.96 Å². The van der Waals surface area contributed by atoms with Crippen LogP contribution in [0.3, 0.4) is 0 Å². The Morgan fingerprint density at radius 1 is 1.24 bits per heavy atom. The first-order chi connectivity index (χ1) is 12.1. The third-order valence-corrected chi connectivity index (χ3v) is 5.53. The van der Waals surface area contributed by atoms with Crippen LogP contribution in [0.2, 0.25) is 5.02 Å². The number of aliphatic imine (C=N–C) groups is 1. The standard InChI is InChI=1S/C18H30ClN5S/c1-4-20-18(22-13-16-14-23(2)10-11-24(16)3)21-9-12-25-17-7-5-15(19)6-8-17/h5-8,16H,4,9-14H2,1-3H3,(H2,20,21,22). The van der Waals surface area contributed by atoms with Crippen LogP contribution >= 0.6 is 23.4 Å². The van der Waals surface area contributed by atoms with E-state index in [0.717, 1.165) is 56.0 Å². The van der Waals surface area contributed by atoms with Crippen LogP contribution in [0.5, 0.6) is 0 Å². The number of hydrogen-bond acceptors (Lipinski definition) is 4. The highest BCUT2D eigenvalue weighted by atomic mass is 35.5. The smallest absolute Gasteiger partial charge is 0.191 e. The van der Waals surface area contributed by atoms with Gasteiger partial charge >= 0.3 is 0 Å². The van der Waals surface area contributed by atoms with Crippen molar-refractivity contribution in [1.82, 2.24) is 20.4 Å². The predicted octanol–water partition coefficient (Wildman–Crippen LogP) is 2.23. The van der Waals surface area contributed by atoms with E-state index in [1.54, 1.807) is 0 Å². The van der Waals surface area contributed by atoms with Gasteiger partial charge < -0.3 is 15.5 Å². The Balaban J connectivity index is 1.76. The second-order valence-corrected chi connectivity index (χ2v) is 7.95. The number of rotatable bonds is 7. The van der Waals surface area contributed by atoms with Crippen molar-refractivity contribution in [2.45, 2.75) is 17.9 Å². The lowest BCUT2D eigenvalue weighted by Crippen LogP contribution is -2.51. The first-order valence-electron chi connectivity index (χ1n) is 8.88. The molecule has 0 aromatic heterocycles. The van der Waals surface area contributed by atoms with Crippen molar-refractivity contribution in [2.75, 3.05) is 59.1 Å². The van der Waals surface area contributed by atoms with Crippen LogP contribution in [0, 0.1) is 0 Å². The zero-order valence-corrected chi connectivity index (χ0v) is 17.0. The van der Waals surface area contributed by atoms with E-state index in [1.165, 1.54) is 4.90 Å². The number of nitrogens with zero attached hydrogens (tertiary/aromatic N) is 3. The maximum Gasteiger partial charge on any atom is 0.191 e. The molecule has 0 radical (unpaired) electrons. The number of nitrogens with one attached hydrogen (secondary N) is 2. The molecule has 1 aliphatic heterocycles. The van der Waals surface area contributed by atoms with E-state index >= 15 is 0 Å². The average molecular weight is 384 g/mol. The summed E-state index contributed by atoms with van der Waals surface area (Å²) in [5.74, 6) is 1.89. The summed E-state index contributed by atoms with van der Waals surface area (Å²) in [7, 11) is 4.37. The van der Waals surface area contributed by atoms with Gasteiger partial charge in [-0.1, -0.05) is 11.6 Å². The van der Waals surface area contributed by atoms with Gasteiger partial charge in [0.05, 0.1) is 6.54 Å². The molecule has 0 aliphatic carbocycles. The molecule has 2 rings (SSSR count). The molecule has 1 unspecified atom stereocenters. The first-order valence-corrected chi connectivity index (χ1v) is 10.2. The SMILES string of the molecule is CCNC(=NCC1CN(C)CCN1C)NCCSc1ccc(Cl)cc1. The Labute approximate surface area is 161 Å². The van der Waals surface area contributed by atoms with E-state index in [4.69, 9.17) is 16.6 Å². The van der Waals surface area contributed by atoms with Crippen LogP contribution < -0.4 is 10.6 Å². The number of halogens is 1. The Kier molecular flexibility index (Phi) is 8.89. The zero-order chi connectivity index (χ0) is 18.1. The van der Waals surface area contributed by atoms with Gasteiger partial charge in [0, 0.05) is 54.4 Å². The zero-order valence-electron chi connectivity index (χ0n) is 15.5. The van der Waals surface area contributed by atoms with Crippen molar-refractivity contribution in [2.24, 2.45) is 4.99 Å². The van der Waals surface area contributed by atoms with Gasteiger partial charge in [-0.2, -0.15) is 0 Å². The van der Waals surface area contributed by atoms with E-state index < -0.39 is 0 Å². The molecule has 1 saturated heterocycles. The van der Waals surface area contributed by atoms with Crippen LogP contribution in [0.1, 0.15) is 6.92 Å². The molecule has 0 saturated carbocycles. The lowest BCUT2D eigenvalue weighted by atomic mass is 10.2. The van der Waals surface area contributed by atoms with E-state index in [1.807, 2.05) is 23.9 Å². The maximum atomic E-state index is 5.92. The van der Waals surface area contributed by atoms with Crippen LogP contribution in [0.4, 0.5) is 0 Å². The molecule has 1 aliphatic rings. The van der Waals surface area contributed by atoms with E-state index in [0.29, 0.717) is 6.04 Å². The minimum atomic E-state index is 0.484. The Morgan fingerprint density at radius 3 is 2.72 bits per heavy atom. The van der Waals surface area contributed by atoms with Crippen molar-refractivity contribution >= 4 is 29.3 Å². The molecule has 0 amide bonds.